The van der Waals surface area contributed by atoms with E-state index in [-0.39, 0.29) is 17.7 Å². The van der Waals surface area contributed by atoms with Crippen LogP contribution < -0.4 is 31.1 Å². The van der Waals surface area contributed by atoms with E-state index in [1.54, 1.807) is 0 Å². The Morgan fingerprint density at radius 3 is 2.20 bits per heavy atom. The summed E-state index contributed by atoms with van der Waals surface area (Å²) in [5.41, 5.74) is 17.2. The molecule has 1 aliphatic carbocycles. The van der Waals surface area contributed by atoms with E-state index in [4.69, 9.17) is 4.42 Å². The van der Waals surface area contributed by atoms with Gasteiger partial charge in [-0.25, -0.2) is 0 Å². The maximum Gasteiger partial charge on any atom is 0.252 e. The molecule has 8 aromatic rings. The predicted molar refractivity (Wildman–Crippen MR) is 231 cm³/mol. The average Bonchev–Trinajstić information content (AvgIpc) is 3.71. The largest absolute Gasteiger partial charge is 0.454 e. The predicted octanol–water partition coefficient (Wildman–Crippen LogP) is 11.4. The summed E-state index contributed by atoms with van der Waals surface area (Å²) in [7, 11) is 0. The van der Waals surface area contributed by atoms with E-state index in [9.17, 15) is 0 Å². The summed E-state index contributed by atoms with van der Waals surface area (Å²) in [5, 5.41) is 2.25. The fourth-order valence-corrected chi connectivity index (χ4v) is 11.1. The van der Waals surface area contributed by atoms with E-state index < -0.39 is 0 Å². The fourth-order valence-electron chi connectivity index (χ4n) is 11.1. The summed E-state index contributed by atoms with van der Waals surface area (Å²) < 4.78 is 6.68. The minimum Gasteiger partial charge on any atom is -0.454 e. The molecule has 7 aromatic carbocycles. The number of para-hydroxylation sites is 5. The molecule has 0 spiro atoms. The van der Waals surface area contributed by atoms with Gasteiger partial charge in [0.15, 0.2) is 5.58 Å². The Morgan fingerprint density at radius 1 is 0.600 bits per heavy atom. The number of hydrogen-bond donors (Lipinski definition) is 0. The first-order chi connectivity index (χ1) is 27.0. The van der Waals surface area contributed by atoms with Gasteiger partial charge in [0.05, 0.1) is 11.2 Å². The van der Waals surface area contributed by atoms with Crippen molar-refractivity contribution >= 4 is 90.5 Å². The van der Waals surface area contributed by atoms with Gasteiger partial charge < -0.3 is 19.1 Å². The smallest absolute Gasteiger partial charge is 0.252 e. The van der Waals surface area contributed by atoms with E-state index >= 15 is 0 Å². The van der Waals surface area contributed by atoms with Gasteiger partial charge in [-0.2, -0.15) is 0 Å². The molecule has 0 radical (unpaired) electrons. The molecule has 0 amide bonds. The molecule has 4 aliphatic rings. The van der Waals surface area contributed by atoms with Gasteiger partial charge in [0.1, 0.15) is 5.58 Å². The third-order valence-electron chi connectivity index (χ3n) is 13.8. The number of hydrogen-bond acceptors (Lipinski definition) is 4. The van der Waals surface area contributed by atoms with Crippen LogP contribution in [-0.2, 0) is 5.41 Å². The van der Waals surface area contributed by atoms with Crippen molar-refractivity contribution in [3.63, 3.8) is 0 Å². The molecule has 0 N–H and O–H groups in total. The van der Waals surface area contributed by atoms with Gasteiger partial charge in [-0.05, 0) is 102 Å². The summed E-state index contributed by atoms with van der Waals surface area (Å²) in [6.45, 7) is 5.21. The van der Waals surface area contributed by atoms with Crippen molar-refractivity contribution in [3.05, 3.63) is 163 Å². The molecule has 2 atom stereocenters. The van der Waals surface area contributed by atoms with Crippen molar-refractivity contribution < 1.29 is 4.42 Å². The molecular formula is C50H40BN3O. The zero-order valence-electron chi connectivity index (χ0n) is 31.2. The molecule has 1 aromatic heterocycles. The van der Waals surface area contributed by atoms with Crippen molar-refractivity contribution in [2.45, 2.75) is 50.5 Å². The second-order valence-electron chi connectivity index (χ2n) is 16.4. The molecule has 4 nitrogen and oxygen atoms in total. The van der Waals surface area contributed by atoms with E-state index in [1.165, 1.54) is 70.4 Å². The monoisotopic (exact) mass is 709 g/mol. The highest BCUT2D eigenvalue weighted by Crippen LogP contribution is 2.61. The molecule has 55 heavy (non-hydrogen) atoms. The normalized spacial score (nSPS) is 20.3. The lowest BCUT2D eigenvalue weighted by molar-refractivity contribution is 0.195. The molecule has 2 unspecified atom stereocenters. The summed E-state index contributed by atoms with van der Waals surface area (Å²) in [4.78, 5) is 7.68. The maximum absolute atomic E-state index is 6.68. The Hall–Kier alpha value is -6.20. The maximum atomic E-state index is 6.68. The van der Waals surface area contributed by atoms with Gasteiger partial charge >= 0.3 is 0 Å². The molecule has 5 heteroatoms. The highest BCUT2D eigenvalue weighted by atomic mass is 16.3. The standard InChI is InChI=1S/C50H40BN3O/c1-49-30-11-12-31-50(49,2)54-42-25-15-24-41-46(42)51(40-23-14-22-38(49)47(40)54)39-29-28-35(32-44(39)53(41)34-18-7-4-8-19-34)52(33-16-5-3-6-17-33)43-26-13-21-37-36-20-9-10-27-45(36)55-48(37)43/h3-10,13-29,32H,11-12,30-31H2,1-2H3. The quantitative estimate of drug-likeness (QED) is 0.170. The van der Waals surface area contributed by atoms with Crippen LogP contribution in [0.1, 0.15) is 45.1 Å². The number of fused-ring (bicyclic) bond motifs is 10. The third-order valence-corrected chi connectivity index (χ3v) is 13.8. The second-order valence-corrected chi connectivity index (χ2v) is 16.4. The molecule has 4 heterocycles. The Balaban J connectivity index is 1.13. The first-order valence-electron chi connectivity index (χ1n) is 19.9. The van der Waals surface area contributed by atoms with E-state index in [2.05, 4.69) is 180 Å². The van der Waals surface area contributed by atoms with Crippen LogP contribution in [0, 0.1) is 0 Å². The van der Waals surface area contributed by atoms with Gasteiger partial charge in [-0.1, -0.05) is 117 Å². The zero-order valence-corrected chi connectivity index (χ0v) is 31.2. The fraction of sp³-hybridized carbons (Fsp3) is 0.160. The topological polar surface area (TPSA) is 22.9 Å². The molecule has 3 aliphatic heterocycles. The van der Waals surface area contributed by atoms with Crippen LogP contribution in [-0.4, -0.2) is 12.3 Å². The van der Waals surface area contributed by atoms with Crippen molar-refractivity contribution in [2.24, 2.45) is 0 Å². The van der Waals surface area contributed by atoms with Gasteiger partial charge in [0.2, 0.25) is 0 Å². The minimum atomic E-state index is 0.0132. The van der Waals surface area contributed by atoms with E-state index in [1.807, 2.05) is 6.07 Å². The van der Waals surface area contributed by atoms with Crippen LogP contribution in [0.15, 0.2) is 162 Å². The van der Waals surface area contributed by atoms with Crippen LogP contribution in [0.3, 0.4) is 0 Å². The summed E-state index contributed by atoms with van der Waals surface area (Å²) in [6, 6.07) is 58.0. The molecule has 264 valence electrons. The van der Waals surface area contributed by atoms with Crippen molar-refractivity contribution in [2.75, 3.05) is 14.7 Å². The van der Waals surface area contributed by atoms with Crippen molar-refractivity contribution in [1.29, 1.82) is 0 Å². The Kier molecular flexibility index (Phi) is 6.34. The highest BCUT2D eigenvalue weighted by Gasteiger charge is 2.61. The minimum absolute atomic E-state index is 0.0132. The summed E-state index contributed by atoms with van der Waals surface area (Å²) in [5.74, 6) is 0. The highest BCUT2D eigenvalue weighted by molar-refractivity contribution is 7.00. The first kappa shape index (κ1) is 31.2. The number of rotatable bonds is 4. The number of furan rings is 1. The van der Waals surface area contributed by atoms with Crippen molar-refractivity contribution in [3.8, 4) is 0 Å². The number of benzene rings is 7. The van der Waals surface area contributed by atoms with E-state index in [0.29, 0.717) is 0 Å². The molecule has 1 saturated carbocycles. The van der Waals surface area contributed by atoms with Gasteiger partial charge in [-0.3, -0.25) is 0 Å². The third kappa shape index (κ3) is 4.03. The first-order valence-corrected chi connectivity index (χ1v) is 19.9. The SMILES string of the molecule is CC12CCCCC1(C)N1c3cccc4c3B(c3ccc(N(c5ccccc5)c5cccc6c5oc5ccccc56)cc3N4c3ccccc3)c3cccc2c31. The van der Waals surface area contributed by atoms with Crippen LogP contribution in [0.25, 0.3) is 21.9 Å². The molecule has 1 fully saturated rings. The average molecular weight is 710 g/mol. The lowest BCUT2D eigenvalue weighted by Crippen LogP contribution is -2.64. The second kappa shape index (κ2) is 11.2. The van der Waals surface area contributed by atoms with Gasteiger partial charge in [0.25, 0.3) is 6.71 Å². The Morgan fingerprint density at radius 2 is 1.33 bits per heavy atom. The zero-order chi connectivity index (χ0) is 36.5. The molecule has 0 bridgehead atoms. The van der Waals surface area contributed by atoms with Crippen LogP contribution >= 0.6 is 0 Å². The lowest BCUT2D eigenvalue weighted by Gasteiger charge is -2.52. The lowest BCUT2D eigenvalue weighted by atomic mass is 9.33. The molecule has 0 saturated heterocycles. The molecule has 12 rings (SSSR count). The Labute approximate surface area is 322 Å². The van der Waals surface area contributed by atoms with Crippen molar-refractivity contribution in [1.82, 2.24) is 0 Å². The summed E-state index contributed by atoms with van der Waals surface area (Å²) in [6.07, 6.45) is 4.97. The van der Waals surface area contributed by atoms with Crippen LogP contribution in [0.4, 0.5) is 45.5 Å². The van der Waals surface area contributed by atoms with Gasteiger partial charge in [0, 0.05) is 56.0 Å². The number of nitrogens with zero attached hydrogens (tertiary/aromatic N) is 3. The Bertz CT molecular complexity index is 2850. The van der Waals surface area contributed by atoms with Crippen LogP contribution in [0.5, 0.6) is 0 Å². The molecular weight excluding hydrogens is 669 g/mol. The van der Waals surface area contributed by atoms with Crippen LogP contribution in [0.2, 0.25) is 0 Å². The summed E-state index contributed by atoms with van der Waals surface area (Å²) >= 11 is 0. The number of anilines is 8. The van der Waals surface area contributed by atoms with E-state index in [0.717, 1.165) is 44.7 Å². The van der Waals surface area contributed by atoms with Gasteiger partial charge in [-0.15, -0.1) is 0 Å².